The lowest BCUT2D eigenvalue weighted by molar-refractivity contribution is 0.0525. The Morgan fingerprint density at radius 1 is 1.68 bits per heavy atom. The van der Waals surface area contributed by atoms with Crippen LogP contribution in [-0.2, 0) is 4.74 Å². The van der Waals surface area contributed by atoms with Gasteiger partial charge in [-0.3, -0.25) is 0 Å². The van der Waals surface area contributed by atoms with Crippen LogP contribution in [0.3, 0.4) is 0 Å². The molecule has 1 aromatic heterocycles. The molecule has 0 aliphatic carbocycles. The van der Waals surface area contributed by atoms with Crippen molar-refractivity contribution in [3.05, 3.63) is 23.9 Å². The third-order valence-electron chi connectivity index (χ3n) is 2.97. The minimum Gasteiger partial charge on any atom is -0.462 e. The van der Waals surface area contributed by atoms with Gasteiger partial charge in [0.2, 0.25) is 0 Å². The fraction of sp³-hybridized carbons (Fsp3) is 0.538. The molecule has 1 aliphatic heterocycles. The lowest BCUT2D eigenvalue weighted by Crippen LogP contribution is -2.37. The van der Waals surface area contributed by atoms with Crippen LogP contribution in [0.25, 0.3) is 0 Å². The molecule has 1 fully saturated rings. The van der Waals surface area contributed by atoms with Crippen molar-refractivity contribution in [3.63, 3.8) is 0 Å². The Balaban J connectivity index is 2.05. The maximum atomic E-state index is 11.8. The minimum absolute atomic E-state index is 0.327. The van der Waals surface area contributed by atoms with Crippen LogP contribution in [0.1, 0.15) is 23.7 Å². The molecule has 5 nitrogen and oxygen atoms in total. The Labute approximate surface area is 116 Å². The average molecular weight is 282 g/mol. The molecule has 0 spiro atoms. The fourth-order valence-electron chi connectivity index (χ4n) is 1.90. The van der Waals surface area contributed by atoms with Crippen molar-refractivity contribution in [2.24, 2.45) is 0 Å². The number of pyridine rings is 1. The zero-order valence-electron chi connectivity index (χ0n) is 10.9. The number of ether oxygens (including phenoxy) is 1. The van der Waals surface area contributed by atoms with Crippen molar-refractivity contribution < 1.29 is 14.6 Å². The van der Waals surface area contributed by atoms with E-state index >= 15 is 0 Å². The quantitative estimate of drug-likeness (QED) is 0.798. The van der Waals surface area contributed by atoms with Crippen LogP contribution in [0.5, 0.6) is 0 Å². The van der Waals surface area contributed by atoms with Crippen molar-refractivity contribution in [1.82, 2.24) is 4.98 Å². The van der Waals surface area contributed by atoms with Crippen LogP contribution in [-0.4, -0.2) is 46.3 Å². The van der Waals surface area contributed by atoms with Gasteiger partial charge in [0.05, 0.1) is 12.2 Å². The monoisotopic (exact) mass is 282 g/mol. The molecular formula is C13H18N2O3S. The van der Waals surface area contributed by atoms with Crippen LogP contribution in [0.15, 0.2) is 18.3 Å². The molecule has 0 bridgehead atoms. The second kappa shape index (κ2) is 6.25. The van der Waals surface area contributed by atoms with Gasteiger partial charge >= 0.3 is 5.97 Å². The summed E-state index contributed by atoms with van der Waals surface area (Å²) in [4.78, 5) is 15.9. The first-order valence-electron chi connectivity index (χ1n) is 6.31. The number of aliphatic hydroxyl groups is 1. The summed E-state index contributed by atoms with van der Waals surface area (Å²) < 4.78 is 4.98. The Hall–Kier alpha value is -1.27. The van der Waals surface area contributed by atoms with E-state index in [-0.39, 0.29) is 0 Å². The first-order chi connectivity index (χ1) is 9.14. The van der Waals surface area contributed by atoms with E-state index in [1.807, 2.05) is 0 Å². The van der Waals surface area contributed by atoms with Gasteiger partial charge in [0.15, 0.2) is 0 Å². The van der Waals surface area contributed by atoms with E-state index in [1.54, 1.807) is 37.0 Å². The first-order valence-corrected chi connectivity index (χ1v) is 7.46. The van der Waals surface area contributed by atoms with Gasteiger partial charge < -0.3 is 15.2 Å². The Morgan fingerprint density at radius 2 is 2.53 bits per heavy atom. The van der Waals surface area contributed by atoms with Crippen molar-refractivity contribution in [2.45, 2.75) is 18.9 Å². The SMILES string of the molecule is CCOC(=O)c1cccnc1NCC1(O)CCSC1. The van der Waals surface area contributed by atoms with E-state index in [4.69, 9.17) is 4.74 Å². The smallest absolute Gasteiger partial charge is 0.341 e. The maximum absolute atomic E-state index is 11.8. The summed E-state index contributed by atoms with van der Waals surface area (Å²) >= 11 is 1.73. The lowest BCUT2D eigenvalue weighted by Gasteiger charge is -2.22. The van der Waals surface area contributed by atoms with Gasteiger partial charge in [-0.25, -0.2) is 9.78 Å². The first kappa shape index (κ1) is 14.1. The third kappa shape index (κ3) is 3.61. The molecule has 19 heavy (non-hydrogen) atoms. The largest absolute Gasteiger partial charge is 0.462 e. The summed E-state index contributed by atoms with van der Waals surface area (Å²) in [7, 11) is 0. The number of thioether (sulfide) groups is 1. The number of nitrogens with one attached hydrogen (secondary N) is 1. The number of esters is 1. The van der Waals surface area contributed by atoms with Gasteiger partial charge in [-0.2, -0.15) is 11.8 Å². The summed E-state index contributed by atoms with van der Waals surface area (Å²) in [6, 6.07) is 3.36. The van der Waals surface area contributed by atoms with E-state index in [0.717, 1.165) is 12.2 Å². The van der Waals surface area contributed by atoms with E-state index in [1.165, 1.54) is 0 Å². The van der Waals surface area contributed by atoms with Crippen LogP contribution in [0.4, 0.5) is 5.82 Å². The molecular weight excluding hydrogens is 264 g/mol. The van der Waals surface area contributed by atoms with Crippen molar-refractivity contribution >= 4 is 23.5 Å². The van der Waals surface area contributed by atoms with Gasteiger partial charge in [0, 0.05) is 18.5 Å². The molecule has 1 atom stereocenters. The molecule has 0 aromatic carbocycles. The summed E-state index contributed by atoms with van der Waals surface area (Å²) in [6.07, 6.45) is 2.37. The predicted molar refractivity (Wildman–Crippen MR) is 75.6 cm³/mol. The van der Waals surface area contributed by atoms with Gasteiger partial charge in [-0.15, -0.1) is 0 Å². The maximum Gasteiger partial charge on any atom is 0.341 e. The van der Waals surface area contributed by atoms with Gasteiger partial charge in [-0.05, 0) is 31.2 Å². The summed E-state index contributed by atoms with van der Waals surface area (Å²) in [6.45, 7) is 2.48. The summed E-state index contributed by atoms with van der Waals surface area (Å²) in [5, 5.41) is 13.3. The Bertz CT molecular complexity index is 447. The highest BCUT2D eigenvalue weighted by Crippen LogP contribution is 2.28. The summed E-state index contributed by atoms with van der Waals surface area (Å²) in [5.74, 6) is 1.74. The van der Waals surface area contributed by atoms with E-state index < -0.39 is 11.6 Å². The predicted octanol–water partition coefficient (Wildman–Crippen LogP) is 1.54. The normalized spacial score (nSPS) is 22.2. The number of nitrogens with zero attached hydrogens (tertiary/aromatic N) is 1. The zero-order valence-corrected chi connectivity index (χ0v) is 11.7. The Kier molecular flexibility index (Phi) is 4.66. The van der Waals surface area contributed by atoms with Crippen LogP contribution >= 0.6 is 11.8 Å². The highest BCUT2D eigenvalue weighted by atomic mass is 32.2. The molecule has 6 heteroatoms. The molecule has 1 unspecified atom stereocenters. The summed E-state index contributed by atoms with van der Waals surface area (Å²) in [5.41, 5.74) is -0.313. The number of carbonyl (C=O) groups is 1. The molecule has 104 valence electrons. The van der Waals surface area contributed by atoms with Gasteiger partial charge in [-0.1, -0.05) is 0 Å². The second-order valence-electron chi connectivity index (χ2n) is 4.50. The fourth-order valence-corrected chi connectivity index (χ4v) is 3.20. The zero-order chi connectivity index (χ0) is 13.7. The molecule has 1 saturated heterocycles. The number of hydrogen-bond donors (Lipinski definition) is 2. The standard InChI is InChI=1S/C13H18N2O3S/c1-2-18-12(16)10-4-3-6-14-11(10)15-8-13(17)5-7-19-9-13/h3-4,6,17H,2,5,7-9H2,1H3,(H,14,15). The average Bonchev–Trinajstić information content (AvgIpc) is 2.84. The number of rotatable bonds is 5. The lowest BCUT2D eigenvalue weighted by atomic mass is 10.0. The van der Waals surface area contributed by atoms with Crippen LogP contribution < -0.4 is 5.32 Å². The van der Waals surface area contributed by atoms with Crippen molar-refractivity contribution in [3.8, 4) is 0 Å². The molecule has 0 radical (unpaired) electrons. The van der Waals surface area contributed by atoms with E-state index in [2.05, 4.69) is 10.3 Å². The molecule has 0 amide bonds. The van der Waals surface area contributed by atoms with Crippen molar-refractivity contribution in [1.29, 1.82) is 0 Å². The molecule has 1 aliphatic rings. The second-order valence-corrected chi connectivity index (χ2v) is 5.61. The van der Waals surface area contributed by atoms with Crippen LogP contribution in [0, 0.1) is 0 Å². The molecule has 0 saturated carbocycles. The van der Waals surface area contributed by atoms with Gasteiger partial charge in [0.25, 0.3) is 0 Å². The van der Waals surface area contributed by atoms with Crippen LogP contribution in [0.2, 0.25) is 0 Å². The molecule has 2 rings (SSSR count). The van der Waals surface area contributed by atoms with E-state index in [0.29, 0.717) is 30.3 Å². The highest BCUT2D eigenvalue weighted by Gasteiger charge is 2.31. The number of carbonyl (C=O) groups excluding carboxylic acids is 1. The topological polar surface area (TPSA) is 71.5 Å². The Morgan fingerprint density at radius 3 is 3.21 bits per heavy atom. The number of anilines is 1. The molecule has 1 aromatic rings. The van der Waals surface area contributed by atoms with E-state index in [9.17, 15) is 9.90 Å². The minimum atomic E-state index is -0.714. The van der Waals surface area contributed by atoms with Gasteiger partial charge in [0.1, 0.15) is 11.4 Å². The highest BCUT2D eigenvalue weighted by molar-refractivity contribution is 7.99. The number of hydrogen-bond acceptors (Lipinski definition) is 6. The van der Waals surface area contributed by atoms with Crippen molar-refractivity contribution in [2.75, 3.05) is 30.0 Å². The number of aromatic nitrogens is 1. The molecule has 2 heterocycles. The molecule has 2 N–H and O–H groups in total. The third-order valence-corrected chi connectivity index (χ3v) is 4.20.